The molecule has 0 radical (unpaired) electrons. The zero-order valence-electron chi connectivity index (χ0n) is 12.4. The summed E-state index contributed by atoms with van der Waals surface area (Å²) < 4.78 is 42.6. The van der Waals surface area contributed by atoms with Gasteiger partial charge in [-0.3, -0.25) is 0 Å². The number of imidazole rings is 1. The lowest BCUT2D eigenvalue weighted by atomic mass is 10.00. The van der Waals surface area contributed by atoms with E-state index in [0.29, 0.717) is 11.6 Å². The highest BCUT2D eigenvalue weighted by Crippen LogP contribution is 2.19. The van der Waals surface area contributed by atoms with Gasteiger partial charge in [-0.15, -0.1) is 0 Å². The number of rotatable bonds is 5. The zero-order chi connectivity index (χ0) is 16.4. The lowest BCUT2D eigenvalue weighted by Crippen LogP contribution is -2.34. The Balaban J connectivity index is 1.60. The van der Waals surface area contributed by atoms with Crippen molar-refractivity contribution in [2.75, 3.05) is 6.54 Å². The minimum absolute atomic E-state index is 0.0746. The SMILES string of the molecule is O=S(=O)(Cc1cc(Cl)ccc1F)NC[C@@H]1CCc2nccn2C1. The molecule has 1 atom stereocenters. The quantitative estimate of drug-likeness (QED) is 0.893. The van der Waals surface area contributed by atoms with Crippen LogP contribution in [0.5, 0.6) is 0 Å². The highest BCUT2D eigenvalue weighted by Gasteiger charge is 2.21. The molecule has 0 aliphatic carbocycles. The van der Waals surface area contributed by atoms with Crippen LogP contribution in [0.15, 0.2) is 30.6 Å². The van der Waals surface area contributed by atoms with Crippen molar-refractivity contribution in [1.29, 1.82) is 0 Å². The van der Waals surface area contributed by atoms with Crippen LogP contribution >= 0.6 is 11.6 Å². The van der Waals surface area contributed by atoms with Crippen LogP contribution < -0.4 is 4.72 Å². The molecule has 0 amide bonds. The number of sulfonamides is 1. The van der Waals surface area contributed by atoms with Gasteiger partial charge in [0.15, 0.2) is 0 Å². The van der Waals surface area contributed by atoms with Crippen molar-refractivity contribution < 1.29 is 12.8 Å². The third kappa shape index (κ3) is 4.10. The van der Waals surface area contributed by atoms with E-state index >= 15 is 0 Å². The van der Waals surface area contributed by atoms with E-state index in [9.17, 15) is 12.8 Å². The van der Waals surface area contributed by atoms with E-state index in [1.807, 2.05) is 10.8 Å². The Labute approximate surface area is 139 Å². The molecular weight excluding hydrogens is 341 g/mol. The summed E-state index contributed by atoms with van der Waals surface area (Å²) in [6.45, 7) is 1.07. The number of aryl methyl sites for hydroxylation is 1. The Morgan fingerprint density at radius 1 is 1.43 bits per heavy atom. The molecule has 0 unspecified atom stereocenters. The summed E-state index contributed by atoms with van der Waals surface area (Å²) in [5.74, 6) is 0.254. The molecule has 23 heavy (non-hydrogen) atoms. The van der Waals surface area contributed by atoms with Gasteiger partial charge in [-0.25, -0.2) is 22.5 Å². The van der Waals surface area contributed by atoms with Crippen molar-refractivity contribution in [2.24, 2.45) is 5.92 Å². The molecule has 1 aliphatic rings. The predicted octanol–water partition coefficient (Wildman–Crippen LogP) is 2.36. The van der Waals surface area contributed by atoms with Gasteiger partial charge in [-0.2, -0.15) is 0 Å². The van der Waals surface area contributed by atoms with E-state index in [4.69, 9.17) is 11.6 Å². The molecule has 1 aromatic carbocycles. The molecule has 2 aromatic rings. The second-order valence-electron chi connectivity index (χ2n) is 5.74. The van der Waals surface area contributed by atoms with E-state index in [0.717, 1.165) is 25.2 Å². The summed E-state index contributed by atoms with van der Waals surface area (Å²) in [7, 11) is -3.61. The van der Waals surface area contributed by atoms with Crippen LogP contribution in [0.4, 0.5) is 4.39 Å². The Morgan fingerprint density at radius 3 is 3.09 bits per heavy atom. The van der Waals surface area contributed by atoms with E-state index in [2.05, 4.69) is 9.71 Å². The van der Waals surface area contributed by atoms with Gasteiger partial charge in [0, 0.05) is 42.5 Å². The molecule has 8 heteroatoms. The van der Waals surface area contributed by atoms with Gasteiger partial charge in [0.25, 0.3) is 0 Å². The minimum Gasteiger partial charge on any atom is -0.335 e. The zero-order valence-corrected chi connectivity index (χ0v) is 13.9. The summed E-state index contributed by atoms with van der Waals surface area (Å²) in [6, 6.07) is 3.91. The number of hydrogen-bond acceptors (Lipinski definition) is 3. The third-order valence-electron chi connectivity index (χ3n) is 3.98. The molecule has 1 N–H and O–H groups in total. The maximum absolute atomic E-state index is 13.7. The van der Waals surface area contributed by atoms with Gasteiger partial charge in [0.2, 0.25) is 10.0 Å². The summed E-state index contributed by atoms with van der Waals surface area (Å²) in [4.78, 5) is 4.24. The molecule has 1 aliphatic heterocycles. The van der Waals surface area contributed by atoms with Crippen LogP contribution in [0.2, 0.25) is 5.02 Å². The maximum atomic E-state index is 13.7. The number of aromatic nitrogens is 2. The number of fused-ring (bicyclic) bond motifs is 1. The molecule has 3 rings (SSSR count). The monoisotopic (exact) mass is 357 g/mol. The van der Waals surface area contributed by atoms with Crippen molar-refractivity contribution in [3.63, 3.8) is 0 Å². The average Bonchev–Trinajstić information content (AvgIpc) is 2.96. The van der Waals surface area contributed by atoms with Crippen molar-refractivity contribution >= 4 is 21.6 Å². The summed E-state index contributed by atoms with van der Waals surface area (Å²) in [5, 5.41) is 0.316. The molecule has 0 saturated heterocycles. The predicted molar refractivity (Wildman–Crippen MR) is 86.1 cm³/mol. The first-order valence-corrected chi connectivity index (χ1v) is 9.37. The molecule has 2 heterocycles. The number of nitrogens with zero attached hydrogens (tertiary/aromatic N) is 2. The van der Waals surface area contributed by atoms with Crippen molar-refractivity contribution in [2.45, 2.75) is 25.1 Å². The Bertz CT molecular complexity index is 807. The summed E-state index contributed by atoms with van der Waals surface area (Å²) >= 11 is 5.79. The van der Waals surface area contributed by atoms with Crippen LogP contribution in [-0.2, 0) is 28.7 Å². The van der Waals surface area contributed by atoms with Crippen LogP contribution in [0, 0.1) is 11.7 Å². The molecule has 5 nitrogen and oxygen atoms in total. The van der Waals surface area contributed by atoms with Crippen LogP contribution in [0.1, 0.15) is 17.8 Å². The fraction of sp³-hybridized carbons (Fsp3) is 0.400. The second-order valence-corrected chi connectivity index (χ2v) is 7.99. The third-order valence-corrected chi connectivity index (χ3v) is 5.51. The highest BCUT2D eigenvalue weighted by molar-refractivity contribution is 7.88. The molecular formula is C15H17ClFN3O2S. The first-order valence-electron chi connectivity index (χ1n) is 7.34. The van der Waals surface area contributed by atoms with Gasteiger partial charge >= 0.3 is 0 Å². The van der Waals surface area contributed by atoms with Gasteiger partial charge in [0.1, 0.15) is 11.6 Å². The lowest BCUT2D eigenvalue weighted by Gasteiger charge is -2.23. The first-order chi connectivity index (χ1) is 10.9. The fourth-order valence-corrected chi connectivity index (χ4v) is 4.18. The van der Waals surface area contributed by atoms with Gasteiger partial charge in [-0.05, 0) is 30.5 Å². The van der Waals surface area contributed by atoms with E-state index < -0.39 is 21.6 Å². The van der Waals surface area contributed by atoms with Crippen LogP contribution in [-0.4, -0.2) is 24.5 Å². The largest absolute Gasteiger partial charge is 0.335 e. The smallest absolute Gasteiger partial charge is 0.215 e. The Hall–Kier alpha value is -1.44. The highest BCUT2D eigenvalue weighted by atomic mass is 35.5. The number of hydrogen-bond donors (Lipinski definition) is 1. The van der Waals surface area contributed by atoms with Crippen molar-refractivity contribution in [3.8, 4) is 0 Å². The number of halogens is 2. The average molecular weight is 358 g/mol. The molecule has 0 bridgehead atoms. The number of nitrogens with one attached hydrogen (secondary N) is 1. The van der Waals surface area contributed by atoms with Gasteiger partial charge < -0.3 is 4.57 Å². The van der Waals surface area contributed by atoms with Crippen molar-refractivity contribution in [1.82, 2.24) is 14.3 Å². The molecule has 0 saturated carbocycles. The minimum atomic E-state index is -3.61. The summed E-state index contributed by atoms with van der Waals surface area (Å²) in [6.07, 6.45) is 5.37. The molecule has 124 valence electrons. The van der Waals surface area contributed by atoms with Crippen molar-refractivity contribution in [3.05, 3.63) is 52.8 Å². The molecule has 0 fully saturated rings. The van der Waals surface area contributed by atoms with Crippen LogP contribution in [0.3, 0.4) is 0 Å². The van der Waals surface area contributed by atoms with Gasteiger partial charge in [0.05, 0.1) is 5.75 Å². The molecule has 1 aromatic heterocycles. The Kier molecular flexibility index (Phi) is 4.70. The Morgan fingerprint density at radius 2 is 2.26 bits per heavy atom. The molecule has 0 spiro atoms. The van der Waals surface area contributed by atoms with Gasteiger partial charge in [-0.1, -0.05) is 11.6 Å². The van der Waals surface area contributed by atoms with Crippen LogP contribution in [0.25, 0.3) is 0 Å². The fourth-order valence-electron chi connectivity index (χ4n) is 2.76. The first kappa shape index (κ1) is 16.4. The van der Waals surface area contributed by atoms with E-state index in [-0.39, 0.29) is 11.5 Å². The maximum Gasteiger partial charge on any atom is 0.215 e. The summed E-state index contributed by atoms with van der Waals surface area (Å²) in [5.41, 5.74) is 0.0746. The van der Waals surface area contributed by atoms with E-state index in [1.54, 1.807) is 6.20 Å². The normalized spacial score (nSPS) is 17.9. The lowest BCUT2D eigenvalue weighted by molar-refractivity contribution is 0.363. The number of benzene rings is 1. The van der Waals surface area contributed by atoms with E-state index in [1.165, 1.54) is 18.2 Å². The standard InChI is InChI=1S/C15H17ClFN3O2S/c16-13-2-3-14(17)12(7-13)10-23(21,22)19-8-11-1-4-15-18-5-6-20(15)9-11/h2-3,5-7,11,19H,1,4,8-10H2/t11-/m0/s1. The second kappa shape index (κ2) is 6.59. The topological polar surface area (TPSA) is 64.0 Å².